The first-order valence-electron chi connectivity index (χ1n) is 5.26. The van der Waals surface area contributed by atoms with Crippen LogP contribution in [-0.4, -0.2) is 19.2 Å². The fraction of sp³-hybridized carbons (Fsp3) is 0.417. The minimum Gasteiger partial charge on any atom is -0.488 e. The average Bonchev–Trinajstić information content (AvgIpc) is 2.31. The van der Waals surface area contributed by atoms with E-state index in [0.29, 0.717) is 11.3 Å². The molecule has 1 N–H and O–H groups in total. The summed E-state index contributed by atoms with van der Waals surface area (Å²) in [5.41, 5.74) is 0.614. The van der Waals surface area contributed by atoms with E-state index in [-0.39, 0.29) is 6.10 Å². The van der Waals surface area contributed by atoms with E-state index in [1.807, 2.05) is 18.2 Å². The molecule has 0 bridgehead atoms. The van der Waals surface area contributed by atoms with E-state index >= 15 is 0 Å². The van der Waals surface area contributed by atoms with Gasteiger partial charge in [0.15, 0.2) is 0 Å². The van der Waals surface area contributed by atoms with E-state index in [1.165, 1.54) is 0 Å². The number of rotatable bonds is 2. The van der Waals surface area contributed by atoms with Gasteiger partial charge in [0.05, 0.1) is 5.56 Å². The van der Waals surface area contributed by atoms with E-state index in [0.717, 1.165) is 25.9 Å². The monoisotopic (exact) mass is 202 g/mol. The van der Waals surface area contributed by atoms with Crippen molar-refractivity contribution < 1.29 is 4.74 Å². The molecule has 2 rings (SSSR count). The summed E-state index contributed by atoms with van der Waals surface area (Å²) in [5.74, 6) is 0.703. The van der Waals surface area contributed by atoms with Gasteiger partial charge in [0.2, 0.25) is 0 Å². The Labute approximate surface area is 89.7 Å². The first-order chi connectivity index (χ1) is 7.40. The molecule has 0 spiro atoms. The van der Waals surface area contributed by atoms with Gasteiger partial charge < -0.3 is 10.1 Å². The van der Waals surface area contributed by atoms with Crippen molar-refractivity contribution in [1.29, 1.82) is 5.26 Å². The second kappa shape index (κ2) is 4.81. The molecule has 78 valence electrons. The number of nitrogens with zero attached hydrogens (tertiary/aromatic N) is 1. The number of hydrogen-bond donors (Lipinski definition) is 1. The molecule has 1 aromatic carbocycles. The zero-order chi connectivity index (χ0) is 10.5. The predicted molar refractivity (Wildman–Crippen MR) is 57.7 cm³/mol. The average molecular weight is 202 g/mol. The van der Waals surface area contributed by atoms with Crippen LogP contribution in [0.1, 0.15) is 18.4 Å². The van der Waals surface area contributed by atoms with E-state index in [2.05, 4.69) is 11.4 Å². The zero-order valence-electron chi connectivity index (χ0n) is 8.57. The SMILES string of the molecule is N#Cc1ccccc1O[C@@H]1CCCNC1. The Morgan fingerprint density at radius 3 is 3.00 bits per heavy atom. The number of nitrogens with one attached hydrogen (secondary N) is 1. The van der Waals surface area contributed by atoms with E-state index < -0.39 is 0 Å². The van der Waals surface area contributed by atoms with Gasteiger partial charge in [-0.05, 0) is 31.5 Å². The summed E-state index contributed by atoms with van der Waals surface area (Å²) < 4.78 is 5.79. The topological polar surface area (TPSA) is 45.0 Å². The Morgan fingerprint density at radius 2 is 2.27 bits per heavy atom. The molecule has 1 fully saturated rings. The van der Waals surface area contributed by atoms with Crippen LogP contribution in [0.5, 0.6) is 5.75 Å². The van der Waals surface area contributed by atoms with Crippen molar-refractivity contribution in [3.63, 3.8) is 0 Å². The molecule has 1 heterocycles. The number of ether oxygens (including phenoxy) is 1. The lowest BCUT2D eigenvalue weighted by Gasteiger charge is -2.24. The quantitative estimate of drug-likeness (QED) is 0.793. The van der Waals surface area contributed by atoms with Gasteiger partial charge in [-0.3, -0.25) is 0 Å². The van der Waals surface area contributed by atoms with Crippen molar-refractivity contribution in [2.24, 2.45) is 0 Å². The maximum atomic E-state index is 8.90. The highest BCUT2D eigenvalue weighted by Crippen LogP contribution is 2.20. The molecule has 0 unspecified atom stereocenters. The summed E-state index contributed by atoms with van der Waals surface area (Å²) in [5, 5.41) is 12.2. The van der Waals surface area contributed by atoms with Crippen LogP contribution in [0, 0.1) is 11.3 Å². The molecule has 1 atom stereocenters. The summed E-state index contributed by atoms with van der Waals surface area (Å²) in [7, 11) is 0. The molecule has 1 aromatic rings. The van der Waals surface area contributed by atoms with Crippen LogP contribution < -0.4 is 10.1 Å². The molecule has 3 nitrogen and oxygen atoms in total. The first kappa shape index (κ1) is 10.0. The highest BCUT2D eigenvalue weighted by atomic mass is 16.5. The van der Waals surface area contributed by atoms with Gasteiger partial charge in [-0.15, -0.1) is 0 Å². The molecular formula is C12H14N2O. The first-order valence-corrected chi connectivity index (χ1v) is 5.26. The van der Waals surface area contributed by atoms with Crippen molar-refractivity contribution >= 4 is 0 Å². The maximum Gasteiger partial charge on any atom is 0.137 e. The molecule has 0 amide bonds. The minimum atomic E-state index is 0.202. The van der Waals surface area contributed by atoms with E-state index in [4.69, 9.17) is 10.00 Å². The molecule has 3 heteroatoms. The fourth-order valence-corrected chi connectivity index (χ4v) is 1.76. The van der Waals surface area contributed by atoms with Crippen molar-refractivity contribution in [2.75, 3.05) is 13.1 Å². The zero-order valence-corrected chi connectivity index (χ0v) is 8.57. The van der Waals surface area contributed by atoms with Gasteiger partial charge in [-0.1, -0.05) is 12.1 Å². The van der Waals surface area contributed by atoms with Gasteiger partial charge in [0.25, 0.3) is 0 Å². The van der Waals surface area contributed by atoms with Gasteiger partial charge in [0.1, 0.15) is 17.9 Å². The van der Waals surface area contributed by atoms with Crippen molar-refractivity contribution in [3.8, 4) is 11.8 Å². The Morgan fingerprint density at radius 1 is 1.40 bits per heavy atom. The maximum absolute atomic E-state index is 8.90. The standard InChI is InChI=1S/C12H14N2O/c13-8-10-4-1-2-6-12(10)15-11-5-3-7-14-9-11/h1-2,4,6,11,14H,3,5,7,9H2/t11-/m1/s1. The van der Waals surface area contributed by atoms with Crippen LogP contribution in [0.2, 0.25) is 0 Å². The minimum absolute atomic E-state index is 0.202. The van der Waals surface area contributed by atoms with Gasteiger partial charge in [0, 0.05) is 6.54 Å². The molecule has 1 aliphatic rings. The third kappa shape index (κ3) is 2.48. The van der Waals surface area contributed by atoms with Crippen LogP contribution >= 0.6 is 0 Å². The highest BCUT2D eigenvalue weighted by molar-refractivity contribution is 5.42. The Hall–Kier alpha value is -1.53. The lowest BCUT2D eigenvalue weighted by atomic mass is 10.1. The van der Waals surface area contributed by atoms with Gasteiger partial charge in [-0.25, -0.2) is 0 Å². The smallest absolute Gasteiger partial charge is 0.137 e. The largest absolute Gasteiger partial charge is 0.488 e. The third-order valence-corrected chi connectivity index (χ3v) is 2.55. The molecular weight excluding hydrogens is 188 g/mol. The second-order valence-corrected chi connectivity index (χ2v) is 3.69. The Kier molecular flexibility index (Phi) is 3.21. The number of benzene rings is 1. The molecule has 0 aromatic heterocycles. The summed E-state index contributed by atoms with van der Waals surface area (Å²) >= 11 is 0. The highest BCUT2D eigenvalue weighted by Gasteiger charge is 2.15. The summed E-state index contributed by atoms with van der Waals surface area (Å²) in [4.78, 5) is 0. The van der Waals surface area contributed by atoms with Gasteiger partial charge in [-0.2, -0.15) is 5.26 Å². The molecule has 0 radical (unpaired) electrons. The van der Waals surface area contributed by atoms with Crippen LogP contribution in [0.25, 0.3) is 0 Å². The number of piperidine rings is 1. The predicted octanol–water partition coefficient (Wildman–Crippen LogP) is 1.69. The van der Waals surface area contributed by atoms with E-state index in [9.17, 15) is 0 Å². The summed E-state index contributed by atoms with van der Waals surface area (Å²) in [6, 6.07) is 9.52. The van der Waals surface area contributed by atoms with Gasteiger partial charge >= 0.3 is 0 Å². The Balaban J connectivity index is 2.06. The van der Waals surface area contributed by atoms with Crippen LogP contribution in [0.15, 0.2) is 24.3 Å². The van der Waals surface area contributed by atoms with Crippen molar-refractivity contribution in [2.45, 2.75) is 18.9 Å². The van der Waals surface area contributed by atoms with Crippen LogP contribution in [0.3, 0.4) is 0 Å². The Bertz CT molecular complexity index is 364. The second-order valence-electron chi connectivity index (χ2n) is 3.69. The molecule has 1 saturated heterocycles. The van der Waals surface area contributed by atoms with E-state index in [1.54, 1.807) is 6.07 Å². The van der Waals surface area contributed by atoms with Crippen LogP contribution in [-0.2, 0) is 0 Å². The third-order valence-electron chi connectivity index (χ3n) is 2.55. The van der Waals surface area contributed by atoms with Crippen molar-refractivity contribution in [3.05, 3.63) is 29.8 Å². The lowest BCUT2D eigenvalue weighted by molar-refractivity contribution is 0.166. The normalized spacial score (nSPS) is 20.6. The summed E-state index contributed by atoms with van der Waals surface area (Å²) in [6.07, 6.45) is 2.40. The lowest BCUT2D eigenvalue weighted by Crippen LogP contribution is -2.37. The molecule has 1 aliphatic heterocycles. The summed E-state index contributed by atoms with van der Waals surface area (Å²) in [6.45, 7) is 1.94. The molecule has 15 heavy (non-hydrogen) atoms. The molecule has 0 saturated carbocycles. The number of nitriles is 1. The van der Waals surface area contributed by atoms with Crippen molar-refractivity contribution in [1.82, 2.24) is 5.32 Å². The number of para-hydroxylation sites is 1. The van der Waals surface area contributed by atoms with Crippen LogP contribution in [0.4, 0.5) is 0 Å². The molecule has 0 aliphatic carbocycles. The number of hydrogen-bond acceptors (Lipinski definition) is 3. The fourth-order valence-electron chi connectivity index (χ4n) is 1.76.